The SMILES string of the molecule is CC1CCC(NC2CCNCC2)(C(=O)O)CC1. The van der Waals surface area contributed by atoms with Crippen molar-refractivity contribution in [2.45, 2.75) is 57.0 Å². The van der Waals surface area contributed by atoms with Gasteiger partial charge >= 0.3 is 5.97 Å². The third-order valence-electron chi connectivity index (χ3n) is 4.36. The Morgan fingerprint density at radius 1 is 1.24 bits per heavy atom. The molecule has 0 aromatic heterocycles. The lowest BCUT2D eigenvalue weighted by molar-refractivity contribution is -0.147. The number of hydrogen-bond donors (Lipinski definition) is 3. The Morgan fingerprint density at radius 3 is 2.35 bits per heavy atom. The second-order valence-electron chi connectivity index (χ2n) is 5.74. The maximum Gasteiger partial charge on any atom is 0.323 e. The Labute approximate surface area is 103 Å². The first-order valence-corrected chi connectivity index (χ1v) is 6.84. The standard InChI is InChI=1S/C13H24N2O2/c1-10-2-6-13(7-3-10,12(16)17)15-11-4-8-14-9-5-11/h10-11,14-15H,2-9H2,1H3,(H,16,17). The molecule has 1 aliphatic carbocycles. The summed E-state index contributed by atoms with van der Waals surface area (Å²) in [5, 5.41) is 16.3. The van der Waals surface area contributed by atoms with Crippen molar-refractivity contribution in [3.8, 4) is 0 Å². The molecule has 98 valence electrons. The molecule has 2 aliphatic rings. The molecule has 0 atom stereocenters. The first kappa shape index (κ1) is 12.8. The summed E-state index contributed by atoms with van der Waals surface area (Å²) >= 11 is 0. The van der Waals surface area contributed by atoms with Gasteiger partial charge in [0, 0.05) is 6.04 Å². The van der Waals surface area contributed by atoms with E-state index in [1.165, 1.54) is 0 Å². The van der Waals surface area contributed by atoms with E-state index in [0.717, 1.165) is 51.6 Å². The van der Waals surface area contributed by atoms with Gasteiger partial charge in [0.05, 0.1) is 0 Å². The maximum absolute atomic E-state index is 11.6. The summed E-state index contributed by atoms with van der Waals surface area (Å²) in [4.78, 5) is 11.6. The van der Waals surface area contributed by atoms with Crippen LogP contribution in [-0.2, 0) is 4.79 Å². The third kappa shape index (κ3) is 2.99. The number of hydrogen-bond acceptors (Lipinski definition) is 3. The van der Waals surface area contributed by atoms with Crippen LogP contribution in [0.3, 0.4) is 0 Å². The zero-order chi connectivity index (χ0) is 12.3. The van der Waals surface area contributed by atoms with Gasteiger partial charge in [-0.1, -0.05) is 6.92 Å². The Morgan fingerprint density at radius 2 is 1.82 bits per heavy atom. The normalized spacial score (nSPS) is 35.7. The van der Waals surface area contributed by atoms with Crippen molar-refractivity contribution >= 4 is 5.97 Å². The molecule has 0 aromatic carbocycles. The molecule has 4 heteroatoms. The second-order valence-corrected chi connectivity index (χ2v) is 5.74. The number of piperidine rings is 1. The highest BCUT2D eigenvalue weighted by Crippen LogP contribution is 2.33. The number of carboxylic acids is 1. The molecule has 0 aromatic rings. The highest BCUT2D eigenvalue weighted by molar-refractivity contribution is 5.79. The van der Waals surface area contributed by atoms with Crippen LogP contribution in [0.15, 0.2) is 0 Å². The first-order chi connectivity index (χ1) is 8.12. The Bertz CT molecular complexity index is 267. The molecular weight excluding hydrogens is 216 g/mol. The Balaban J connectivity index is 1.98. The van der Waals surface area contributed by atoms with Crippen molar-refractivity contribution in [1.29, 1.82) is 0 Å². The highest BCUT2D eigenvalue weighted by Gasteiger charge is 2.42. The molecule has 0 spiro atoms. The van der Waals surface area contributed by atoms with Crippen molar-refractivity contribution < 1.29 is 9.90 Å². The summed E-state index contributed by atoms with van der Waals surface area (Å²) in [5.41, 5.74) is -0.644. The number of aliphatic carboxylic acids is 1. The zero-order valence-electron chi connectivity index (χ0n) is 10.7. The number of carbonyl (C=O) groups is 1. The zero-order valence-corrected chi connectivity index (χ0v) is 10.7. The molecule has 0 unspecified atom stereocenters. The van der Waals surface area contributed by atoms with Gasteiger partial charge in [0.25, 0.3) is 0 Å². The molecule has 1 aliphatic heterocycles. The molecule has 0 bridgehead atoms. The molecule has 17 heavy (non-hydrogen) atoms. The molecule has 1 saturated carbocycles. The van der Waals surface area contributed by atoms with Crippen LogP contribution in [0.1, 0.15) is 45.4 Å². The van der Waals surface area contributed by atoms with E-state index in [9.17, 15) is 9.90 Å². The monoisotopic (exact) mass is 240 g/mol. The van der Waals surface area contributed by atoms with E-state index < -0.39 is 11.5 Å². The van der Waals surface area contributed by atoms with Crippen LogP contribution in [-0.4, -0.2) is 35.7 Å². The predicted molar refractivity (Wildman–Crippen MR) is 67.0 cm³/mol. The molecule has 2 rings (SSSR count). The van der Waals surface area contributed by atoms with Gasteiger partial charge in [-0.25, -0.2) is 0 Å². The van der Waals surface area contributed by atoms with E-state index in [0.29, 0.717) is 12.0 Å². The van der Waals surface area contributed by atoms with E-state index in [1.807, 2.05) is 0 Å². The average molecular weight is 240 g/mol. The summed E-state index contributed by atoms with van der Waals surface area (Å²) in [6, 6.07) is 0.376. The van der Waals surface area contributed by atoms with Crippen LogP contribution in [0.4, 0.5) is 0 Å². The number of carboxylic acid groups (broad SMARTS) is 1. The van der Waals surface area contributed by atoms with Gasteiger partial charge in [-0.15, -0.1) is 0 Å². The molecule has 0 amide bonds. The van der Waals surface area contributed by atoms with Gasteiger partial charge in [0.2, 0.25) is 0 Å². The van der Waals surface area contributed by atoms with E-state index in [-0.39, 0.29) is 0 Å². The molecule has 2 fully saturated rings. The average Bonchev–Trinajstić information content (AvgIpc) is 2.33. The first-order valence-electron chi connectivity index (χ1n) is 6.84. The molecule has 1 saturated heterocycles. The van der Waals surface area contributed by atoms with Crippen LogP contribution in [0.25, 0.3) is 0 Å². The van der Waals surface area contributed by atoms with E-state index in [4.69, 9.17) is 0 Å². The summed E-state index contributed by atoms with van der Waals surface area (Å²) in [5.74, 6) is 0.0280. The quantitative estimate of drug-likeness (QED) is 0.697. The summed E-state index contributed by atoms with van der Waals surface area (Å²) in [6.07, 6.45) is 5.73. The lowest BCUT2D eigenvalue weighted by Crippen LogP contribution is -2.59. The smallest absolute Gasteiger partial charge is 0.323 e. The molecule has 3 N–H and O–H groups in total. The van der Waals surface area contributed by atoms with Gasteiger partial charge in [0.15, 0.2) is 0 Å². The topological polar surface area (TPSA) is 61.4 Å². The fraction of sp³-hybridized carbons (Fsp3) is 0.923. The largest absolute Gasteiger partial charge is 0.480 e. The lowest BCUT2D eigenvalue weighted by atomic mass is 9.76. The second kappa shape index (κ2) is 5.36. The van der Waals surface area contributed by atoms with Gasteiger partial charge in [-0.05, 0) is 57.5 Å². The minimum atomic E-state index is -0.650. The van der Waals surface area contributed by atoms with Crippen LogP contribution in [0.2, 0.25) is 0 Å². The molecule has 1 heterocycles. The van der Waals surface area contributed by atoms with Crippen LogP contribution >= 0.6 is 0 Å². The van der Waals surface area contributed by atoms with E-state index in [2.05, 4.69) is 17.6 Å². The fourth-order valence-corrected chi connectivity index (χ4v) is 3.03. The number of rotatable bonds is 3. The highest BCUT2D eigenvalue weighted by atomic mass is 16.4. The van der Waals surface area contributed by atoms with Gasteiger partial charge in [-0.3, -0.25) is 10.1 Å². The Hall–Kier alpha value is -0.610. The number of nitrogens with one attached hydrogen (secondary N) is 2. The van der Waals surface area contributed by atoms with Gasteiger partial charge in [0.1, 0.15) is 5.54 Å². The minimum Gasteiger partial charge on any atom is -0.480 e. The van der Waals surface area contributed by atoms with Crippen molar-refractivity contribution in [2.75, 3.05) is 13.1 Å². The predicted octanol–water partition coefficient (Wildman–Crippen LogP) is 1.36. The summed E-state index contributed by atoms with van der Waals surface area (Å²) in [7, 11) is 0. The van der Waals surface area contributed by atoms with Gasteiger partial charge < -0.3 is 10.4 Å². The lowest BCUT2D eigenvalue weighted by Gasteiger charge is -2.40. The molecule has 4 nitrogen and oxygen atoms in total. The fourth-order valence-electron chi connectivity index (χ4n) is 3.03. The van der Waals surface area contributed by atoms with Crippen molar-refractivity contribution in [2.24, 2.45) is 5.92 Å². The van der Waals surface area contributed by atoms with Crippen molar-refractivity contribution in [3.05, 3.63) is 0 Å². The van der Waals surface area contributed by atoms with Crippen LogP contribution < -0.4 is 10.6 Å². The summed E-state index contributed by atoms with van der Waals surface area (Å²) in [6.45, 7) is 4.23. The van der Waals surface area contributed by atoms with Crippen LogP contribution in [0.5, 0.6) is 0 Å². The van der Waals surface area contributed by atoms with Crippen LogP contribution in [0, 0.1) is 5.92 Å². The molecular formula is C13H24N2O2. The van der Waals surface area contributed by atoms with Crippen molar-refractivity contribution in [1.82, 2.24) is 10.6 Å². The summed E-state index contributed by atoms with van der Waals surface area (Å²) < 4.78 is 0. The van der Waals surface area contributed by atoms with E-state index >= 15 is 0 Å². The Kier molecular flexibility index (Phi) is 4.05. The minimum absolute atomic E-state index is 0.376. The molecule has 0 radical (unpaired) electrons. The third-order valence-corrected chi connectivity index (χ3v) is 4.36. The van der Waals surface area contributed by atoms with Gasteiger partial charge in [-0.2, -0.15) is 0 Å². The maximum atomic E-state index is 11.6. The van der Waals surface area contributed by atoms with Crippen molar-refractivity contribution in [3.63, 3.8) is 0 Å². The van der Waals surface area contributed by atoms with E-state index in [1.54, 1.807) is 0 Å².